The molecule has 1 aliphatic rings. The summed E-state index contributed by atoms with van der Waals surface area (Å²) in [5.41, 5.74) is 5.81. The molecule has 1 atom stereocenters. The summed E-state index contributed by atoms with van der Waals surface area (Å²) in [7, 11) is 6.04. The minimum atomic E-state index is 0.302. The molecule has 0 bridgehead atoms. The molecule has 0 aromatic heterocycles. The molecule has 1 aliphatic carbocycles. The Balaban J connectivity index is 2.74. The van der Waals surface area contributed by atoms with E-state index in [0.29, 0.717) is 5.92 Å². The van der Waals surface area contributed by atoms with Crippen LogP contribution in [0.1, 0.15) is 23.6 Å². The maximum absolute atomic E-state index is 6.04. The molecule has 1 aromatic carbocycles. The van der Waals surface area contributed by atoms with Crippen molar-refractivity contribution >= 4 is 18.5 Å². The second-order valence-electron chi connectivity index (χ2n) is 3.70. The molecular formula is C12H12B. The summed E-state index contributed by atoms with van der Waals surface area (Å²) >= 11 is 0. The molecular weight excluding hydrogens is 155 g/mol. The van der Waals surface area contributed by atoms with Gasteiger partial charge in [-0.2, -0.15) is 0 Å². The van der Waals surface area contributed by atoms with Crippen molar-refractivity contribution in [2.24, 2.45) is 5.92 Å². The van der Waals surface area contributed by atoms with Crippen molar-refractivity contribution in [2.75, 3.05) is 0 Å². The Bertz CT molecular complexity index is 402. The summed E-state index contributed by atoms with van der Waals surface area (Å²) in [6, 6.07) is 6.25. The normalized spacial score (nSPS) is 20.5. The summed E-state index contributed by atoms with van der Waals surface area (Å²) in [6.07, 6.45) is 0. The fourth-order valence-electron chi connectivity index (χ4n) is 1.96. The van der Waals surface area contributed by atoms with E-state index in [1.807, 2.05) is 0 Å². The summed E-state index contributed by atoms with van der Waals surface area (Å²) in [4.78, 5) is 0. The third-order valence-electron chi connectivity index (χ3n) is 2.90. The summed E-state index contributed by atoms with van der Waals surface area (Å²) in [5.74, 6) is 0.302. The minimum absolute atomic E-state index is 0.302. The first kappa shape index (κ1) is 8.49. The number of rotatable bonds is 0. The van der Waals surface area contributed by atoms with Gasteiger partial charge in [0.05, 0.1) is 0 Å². The van der Waals surface area contributed by atoms with Gasteiger partial charge in [-0.15, -0.1) is 0 Å². The zero-order chi connectivity index (χ0) is 9.59. The zero-order valence-corrected chi connectivity index (χ0v) is 8.09. The van der Waals surface area contributed by atoms with E-state index in [-0.39, 0.29) is 0 Å². The summed E-state index contributed by atoms with van der Waals surface area (Å²) in [6.45, 7) is 8.27. The Kier molecular flexibility index (Phi) is 1.76. The van der Waals surface area contributed by atoms with Gasteiger partial charge in [0.1, 0.15) is 0 Å². The zero-order valence-electron chi connectivity index (χ0n) is 8.09. The second-order valence-corrected chi connectivity index (χ2v) is 3.70. The van der Waals surface area contributed by atoms with Crippen LogP contribution in [-0.4, -0.2) is 13.0 Å². The molecule has 0 heterocycles. The van der Waals surface area contributed by atoms with Crippen molar-refractivity contribution in [2.45, 2.75) is 13.8 Å². The van der Waals surface area contributed by atoms with Gasteiger partial charge in [-0.05, 0) is 0 Å². The molecule has 1 heteroatoms. The van der Waals surface area contributed by atoms with Gasteiger partial charge in [-0.25, -0.2) is 0 Å². The van der Waals surface area contributed by atoms with Crippen LogP contribution in [0.15, 0.2) is 24.8 Å². The van der Waals surface area contributed by atoms with E-state index in [4.69, 9.17) is 7.49 Å². The Morgan fingerprint density at radius 1 is 1.38 bits per heavy atom. The number of hydrogen-bond donors (Lipinski definition) is 0. The number of allylic oxidation sites excluding steroid dienone is 1. The monoisotopic (exact) mass is 167 g/mol. The summed E-state index contributed by atoms with van der Waals surface area (Å²) in [5, 5.41) is 0. The van der Waals surface area contributed by atoms with E-state index >= 15 is 0 Å². The number of benzene rings is 1. The third-order valence-corrected chi connectivity index (χ3v) is 2.90. The molecule has 2 rings (SSSR count). The molecule has 1 radical (unpaired) electrons. The average Bonchev–Trinajstić information content (AvgIpc) is 2.33. The topological polar surface area (TPSA) is 0 Å². The van der Waals surface area contributed by atoms with Crippen LogP contribution in [-0.2, 0) is 0 Å². The average molecular weight is 167 g/mol. The van der Waals surface area contributed by atoms with Gasteiger partial charge in [0.15, 0.2) is 0 Å². The molecule has 1 aromatic rings. The standard InChI is InChI=1S/C12H12B/c1-7-5-4-6-10-8(2)9(3)12(13)11(7)10/h4-6,9H,2H2,1,3H3/t9-/m0/s1. The molecule has 0 saturated carbocycles. The Hall–Kier alpha value is -1.11. The number of aryl methyl sites for hydroxylation is 1. The van der Waals surface area contributed by atoms with E-state index < -0.39 is 0 Å². The fraction of sp³-hybridized carbons (Fsp3) is 0.250. The number of fused-ring (bicyclic) bond motifs is 1. The van der Waals surface area contributed by atoms with E-state index in [2.05, 4.69) is 38.6 Å². The van der Waals surface area contributed by atoms with Crippen molar-refractivity contribution in [1.82, 2.24) is 0 Å². The van der Waals surface area contributed by atoms with Crippen LogP contribution in [0.5, 0.6) is 0 Å². The van der Waals surface area contributed by atoms with Crippen LogP contribution in [0, 0.1) is 12.8 Å². The van der Waals surface area contributed by atoms with Gasteiger partial charge in [0, 0.05) is 0 Å². The van der Waals surface area contributed by atoms with Crippen LogP contribution >= 0.6 is 0 Å². The van der Waals surface area contributed by atoms with Gasteiger partial charge < -0.3 is 0 Å². The van der Waals surface area contributed by atoms with Crippen LogP contribution < -0.4 is 0 Å². The molecule has 0 nitrogen and oxygen atoms in total. The Morgan fingerprint density at radius 3 is 2.69 bits per heavy atom. The Labute approximate surface area is 80.4 Å². The molecule has 0 N–H and O–H groups in total. The molecule has 0 aliphatic heterocycles. The van der Waals surface area contributed by atoms with Crippen LogP contribution in [0.25, 0.3) is 5.57 Å². The molecule has 0 fully saturated rings. The van der Waals surface area contributed by atoms with Crippen LogP contribution in [0.3, 0.4) is 0 Å². The van der Waals surface area contributed by atoms with Crippen molar-refractivity contribution in [1.29, 1.82) is 0 Å². The molecule has 0 spiro atoms. The van der Waals surface area contributed by atoms with Gasteiger partial charge in [0.2, 0.25) is 0 Å². The molecule has 0 amide bonds. The molecule has 63 valence electrons. The second kappa shape index (κ2) is 2.70. The summed E-state index contributed by atoms with van der Waals surface area (Å²) < 4.78 is 0. The third kappa shape index (κ3) is 1.03. The molecule has 0 unspecified atom stereocenters. The van der Waals surface area contributed by atoms with Crippen molar-refractivity contribution in [3.63, 3.8) is 0 Å². The van der Waals surface area contributed by atoms with Crippen molar-refractivity contribution in [3.8, 4) is 0 Å². The predicted octanol–water partition coefficient (Wildman–Crippen LogP) is 2.35. The van der Waals surface area contributed by atoms with E-state index in [0.717, 1.165) is 11.0 Å². The quantitative estimate of drug-likeness (QED) is 0.520. The van der Waals surface area contributed by atoms with E-state index in [1.165, 1.54) is 16.7 Å². The van der Waals surface area contributed by atoms with Gasteiger partial charge in [-0.3, -0.25) is 0 Å². The van der Waals surface area contributed by atoms with E-state index in [1.54, 1.807) is 0 Å². The molecule has 13 heavy (non-hydrogen) atoms. The van der Waals surface area contributed by atoms with Gasteiger partial charge in [-0.1, -0.05) is 0 Å². The predicted molar refractivity (Wildman–Crippen MR) is 59.2 cm³/mol. The van der Waals surface area contributed by atoms with Gasteiger partial charge >= 0.3 is 79.8 Å². The first-order chi connectivity index (χ1) is 6.13. The fourth-order valence-corrected chi connectivity index (χ4v) is 1.96. The van der Waals surface area contributed by atoms with Crippen LogP contribution in [0.4, 0.5) is 0 Å². The number of hydrogen-bond acceptors (Lipinski definition) is 0. The van der Waals surface area contributed by atoms with Gasteiger partial charge in [0.25, 0.3) is 0 Å². The van der Waals surface area contributed by atoms with Crippen molar-refractivity contribution < 1.29 is 0 Å². The first-order valence-corrected chi connectivity index (χ1v) is 4.54. The van der Waals surface area contributed by atoms with E-state index in [9.17, 15) is 0 Å². The first-order valence-electron chi connectivity index (χ1n) is 4.54. The van der Waals surface area contributed by atoms with Crippen molar-refractivity contribution in [3.05, 3.63) is 41.5 Å². The molecule has 0 saturated heterocycles. The maximum atomic E-state index is 6.04. The SMILES string of the molecule is [B]=C1c2c(C)cccc2C(=C)[C@@H]1C. The Morgan fingerprint density at radius 2 is 2.08 bits per heavy atom. The van der Waals surface area contributed by atoms with Crippen LogP contribution in [0.2, 0.25) is 0 Å².